The quantitative estimate of drug-likeness (QED) is 0.176. The topological polar surface area (TPSA) is 120 Å². The molecule has 10 nitrogen and oxygen atoms in total. The average molecular weight is 673 g/mol. The van der Waals surface area contributed by atoms with Crippen molar-refractivity contribution >= 4 is 40.2 Å². The van der Waals surface area contributed by atoms with Crippen molar-refractivity contribution in [2.45, 2.75) is 44.7 Å². The van der Waals surface area contributed by atoms with Crippen molar-refractivity contribution < 1.29 is 23.8 Å². The molecule has 1 aliphatic rings. The highest BCUT2D eigenvalue weighted by Crippen LogP contribution is 2.50. The minimum atomic E-state index is -0.628. The number of hydrogen-bond donors (Lipinski definition) is 3. The molecule has 2 atom stereocenters. The number of amides is 2. The average Bonchev–Trinajstić information content (AvgIpc) is 3.21. The van der Waals surface area contributed by atoms with E-state index in [0.29, 0.717) is 60.7 Å². The van der Waals surface area contributed by atoms with Crippen LogP contribution in [0.2, 0.25) is 0 Å². The molecule has 1 aromatic heterocycles. The highest BCUT2D eigenvalue weighted by Gasteiger charge is 2.30. The second-order valence-corrected chi connectivity index (χ2v) is 12.9. The molecule has 0 unspecified atom stereocenters. The van der Waals surface area contributed by atoms with Crippen LogP contribution in [0.25, 0.3) is 22.0 Å². The van der Waals surface area contributed by atoms with Gasteiger partial charge in [0.05, 0.1) is 33.1 Å². The summed E-state index contributed by atoms with van der Waals surface area (Å²) < 4.78 is 19.3. The van der Waals surface area contributed by atoms with Gasteiger partial charge in [0.1, 0.15) is 6.04 Å². The standard InChI is InChI=1S/C37H44N4O6S/c1-22(42)39-28-13-11-23-19-33(45-3)35(46-4)36(47-5)34(23)26-12-14-29(32(43)20-27(26)28)40-30(16-18-48-6)37(44)38-17-15-24-21-41(2)31-10-8-7-9-25(24)31/h7-10,12,14,19-21,28,30H,11,13,15-18H2,1-6H3,(H,38,44)(H,39,42)(H,40,43)/t28-,30-/m0/s1. The number of nitrogens with zero attached hydrogens (tertiary/aromatic N) is 1. The predicted molar refractivity (Wildman–Crippen MR) is 193 cm³/mol. The summed E-state index contributed by atoms with van der Waals surface area (Å²) >= 11 is 1.64. The number of hydrogen-bond acceptors (Lipinski definition) is 8. The number of aryl methyl sites for hydroxylation is 2. The number of anilines is 1. The Balaban J connectivity index is 1.48. The first-order valence-corrected chi connectivity index (χ1v) is 17.4. The molecule has 5 rings (SSSR count). The second-order valence-electron chi connectivity index (χ2n) is 11.9. The van der Waals surface area contributed by atoms with E-state index in [4.69, 9.17) is 14.2 Å². The summed E-state index contributed by atoms with van der Waals surface area (Å²) in [5.74, 6) is 1.81. The molecule has 0 fully saturated rings. The lowest BCUT2D eigenvalue weighted by Crippen LogP contribution is -2.41. The van der Waals surface area contributed by atoms with Crippen molar-refractivity contribution in [3.05, 3.63) is 81.6 Å². The second kappa shape index (κ2) is 15.5. The fourth-order valence-electron chi connectivity index (χ4n) is 6.59. The molecule has 0 saturated carbocycles. The molecule has 4 aromatic rings. The minimum Gasteiger partial charge on any atom is -0.493 e. The number of fused-ring (bicyclic) bond motifs is 4. The van der Waals surface area contributed by atoms with Crippen LogP contribution in [0.4, 0.5) is 5.69 Å². The van der Waals surface area contributed by atoms with Gasteiger partial charge in [-0.3, -0.25) is 14.4 Å². The van der Waals surface area contributed by atoms with E-state index in [0.717, 1.165) is 28.0 Å². The Morgan fingerprint density at radius 1 is 1.04 bits per heavy atom. The fraction of sp³-hybridized carbons (Fsp3) is 0.378. The number of thioether (sulfide) groups is 1. The van der Waals surface area contributed by atoms with Gasteiger partial charge in [0.25, 0.3) is 0 Å². The molecule has 0 aliphatic heterocycles. The molecule has 2 amide bonds. The SMILES string of the molecule is COc1cc2c(c(OC)c1OC)-c1ccc(N[C@@H](CCSC)C(=O)NCCc3cn(C)c4ccccc34)c(=O)cc1[C@@H](NC(C)=O)CC2. The van der Waals surface area contributed by atoms with Gasteiger partial charge < -0.3 is 34.7 Å². The lowest BCUT2D eigenvalue weighted by molar-refractivity contribution is -0.122. The number of nitrogens with one attached hydrogen (secondary N) is 3. The van der Waals surface area contributed by atoms with Crippen LogP contribution in [0, 0.1) is 0 Å². The van der Waals surface area contributed by atoms with Crippen LogP contribution >= 0.6 is 11.8 Å². The maximum Gasteiger partial charge on any atom is 0.242 e. The van der Waals surface area contributed by atoms with Crippen molar-refractivity contribution in [2.24, 2.45) is 7.05 Å². The molecular weight excluding hydrogens is 628 g/mol. The Morgan fingerprint density at radius 3 is 2.52 bits per heavy atom. The Hall–Kier alpha value is -4.64. The molecule has 0 bridgehead atoms. The summed E-state index contributed by atoms with van der Waals surface area (Å²) in [5, 5.41) is 10.6. The molecule has 0 radical (unpaired) electrons. The van der Waals surface area contributed by atoms with Gasteiger partial charge in [-0.05, 0) is 84.2 Å². The largest absolute Gasteiger partial charge is 0.493 e. The van der Waals surface area contributed by atoms with Gasteiger partial charge in [-0.25, -0.2) is 0 Å². The van der Waals surface area contributed by atoms with Crippen molar-refractivity contribution in [1.82, 2.24) is 15.2 Å². The molecule has 1 aliphatic carbocycles. The van der Waals surface area contributed by atoms with Crippen molar-refractivity contribution in [3.8, 4) is 28.4 Å². The van der Waals surface area contributed by atoms with E-state index in [1.54, 1.807) is 45.2 Å². The van der Waals surface area contributed by atoms with Gasteiger partial charge in [0.2, 0.25) is 23.0 Å². The summed E-state index contributed by atoms with van der Waals surface area (Å²) in [7, 11) is 6.71. The number of ether oxygens (including phenoxy) is 3. The maximum absolute atomic E-state index is 13.9. The van der Waals surface area contributed by atoms with Gasteiger partial charge in [-0.1, -0.05) is 24.3 Å². The molecule has 48 heavy (non-hydrogen) atoms. The molecule has 0 saturated heterocycles. The number of rotatable bonds is 13. The molecule has 11 heteroatoms. The van der Waals surface area contributed by atoms with Gasteiger partial charge in [-0.15, -0.1) is 0 Å². The normalized spacial score (nSPS) is 14.2. The van der Waals surface area contributed by atoms with Crippen molar-refractivity contribution in [3.63, 3.8) is 0 Å². The summed E-state index contributed by atoms with van der Waals surface area (Å²) in [6.07, 6.45) is 6.46. The number of benzene rings is 2. The van der Waals surface area contributed by atoms with Crippen molar-refractivity contribution in [1.29, 1.82) is 0 Å². The van der Waals surface area contributed by atoms with Crippen molar-refractivity contribution in [2.75, 3.05) is 45.2 Å². The van der Waals surface area contributed by atoms with E-state index in [1.165, 1.54) is 17.9 Å². The Labute approximate surface area is 285 Å². The van der Waals surface area contributed by atoms with Crippen LogP contribution in [0.15, 0.2) is 59.5 Å². The summed E-state index contributed by atoms with van der Waals surface area (Å²) in [5.41, 5.74) is 5.42. The monoisotopic (exact) mass is 672 g/mol. The van der Waals surface area contributed by atoms with E-state index in [-0.39, 0.29) is 17.2 Å². The minimum absolute atomic E-state index is 0.170. The molecule has 254 valence electrons. The predicted octanol–water partition coefficient (Wildman–Crippen LogP) is 5.25. The molecule has 0 spiro atoms. The Bertz CT molecular complexity index is 1870. The molecule has 3 aromatic carbocycles. The zero-order valence-corrected chi connectivity index (χ0v) is 29.2. The molecule has 3 N–H and O–H groups in total. The maximum atomic E-state index is 13.9. The summed E-state index contributed by atoms with van der Waals surface area (Å²) in [4.78, 5) is 39.8. The Morgan fingerprint density at radius 2 is 1.81 bits per heavy atom. The van der Waals surface area contributed by atoms with E-state index >= 15 is 0 Å². The van der Waals surface area contributed by atoms with E-state index < -0.39 is 12.1 Å². The number of carbonyl (C=O) groups excluding carboxylic acids is 2. The first-order valence-electron chi connectivity index (χ1n) is 16.0. The highest BCUT2D eigenvalue weighted by atomic mass is 32.2. The number of methoxy groups -OCH3 is 3. The lowest BCUT2D eigenvalue weighted by Gasteiger charge is -2.19. The van der Waals surface area contributed by atoms with E-state index in [1.807, 2.05) is 37.6 Å². The van der Waals surface area contributed by atoms with Gasteiger partial charge in [0.15, 0.2) is 11.5 Å². The first-order chi connectivity index (χ1) is 23.2. The third kappa shape index (κ3) is 7.26. The lowest BCUT2D eigenvalue weighted by atomic mass is 9.95. The van der Waals surface area contributed by atoms with Crippen LogP contribution in [-0.4, -0.2) is 62.3 Å². The third-order valence-corrected chi connectivity index (χ3v) is 9.49. The van der Waals surface area contributed by atoms with Crippen LogP contribution in [0.1, 0.15) is 42.5 Å². The number of carbonyl (C=O) groups is 2. The van der Waals surface area contributed by atoms with Gasteiger partial charge in [0, 0.05) is 43.2 Å². The van der Waals surface area contributed by atoms with Crippen LogP contribution in [0.3, 0.4) is 0 Å². The van der Waals surface area contributed by atoms with Crippen LogP contribution in [0.5, 0.6) is 17.2 Å². The highest BCUT2D eigenvalue weighted by molar-refractivity contribution is 7.98. The van der Waals surface area contributed by atoms with Gasteiger partial charge >= 0.3 is 0 Å². The van der Waals surface area contributed by atoms with Crippen LogP contribution in [-0.2, 0) is 29.5 Å². The number of aromatic nitrogens is 1. The molecule has 1 heterocycles. The summed E-state index contributed by atoms with van der Waals surface area (Å²) in [6.45, 7) is 1.93. The van der Waals surface area contributed by atoms with Gasteiger partial charge in [-0.2, -0.15) is 11.8 Å². The Kier molecular flexibility index (Phi) is 11.2. The molecular formula is C37H44N4O6S. The van der Waals surface area contributed by atoms with E-state index in [2.05, 4.69) is 38.8 Å². The smallest absolute Gasteiger partial charge is 0.242 e. The number of para-hydroxylation sites is 1. The van der Waals surface area contributed by atoms with Crippen LogP contribution < -0.4 is 35.6 Å². The zero-order valence-electron chi connectivity index (χ0n) is 28.4. The van der Waals surface area contributed by atoms with E-state index in [9.17, 15) is 14.4 Å². The summed E-state index contributed by atoms with van der Waals surface area (Å²) in [6, 6.07) is 14.2. The fourth-order valence-corrected chi connectivity index (χ4v) is 7.06. The zero-order chi connectivity index (χ0) is 34.4. The first kappa shape index (κ1) is 34.7. The third-order valence-electron chi connectivity index (χ3n) is 8.85.